The fourth-order valence-electron chi connectivity index (χ4n) is 2.89. The number of hydrogen-bond donors (Lipinski definition) is 1. The lowest BCUT2D eigenvalue weighted by Crippen LogP contribution is -2.42. The SMILES string of the molecule is CN1CCCC2(CC1)CC(C(=O)O)CCO2. The van der Waals surface area contributed by atoms with E-state index < -0.39 is 5.97 Å². The van der Waals surface area contributed by atoms with Crippen LogP contribution in [0.1, 0.15) is 32.1 Å². The molecule has 2 heterocycles. The second-order valence-electron chi connectivity index (χ2n) is 5.22. The third kappa shape index (κ3) is 2.55. The van der Waals surface area contributed by atoms with Gasteiger partial charge in [-0.05, 0) is 45.7 Å². The minimum absolute atomic E-state index is 0.147. The van der Waals surface area contributed by atoms with E-state index in [0.717, 1.165) is 32.4 Å². The Morgan fingerprint density at radius 1 is 1.44 bits per heavy atom. The van der Waals surface area contributed by atoms with E-state index in [1.165, 1.54) is 0 Å². The minimum Gasteiger partial charge on any atom is -0.481 e. The molecule has 92 valence electrons. The standard InChI is InChI=1S/C12H21NO3/c1-13-6-2-4-12(5-7-13)9-10(11(14)15)3-8-16-12/h10H,2-9H2,1H3,(H,14,15). The zero-order valence-corrected chi connectivity index (χ0v) is 9.95. The Balaban J connectivity index is 2.02. The Kier molecular flexibility index (Phi) is 3.50. The van der Waals surface area contributed by atoms with Crippen LogP contribution in [0.15, 0.2) is 0 Å². The van der Waals surface area contributed by atoms with Crippen molar-refractivity contribution in [3.05, 3.63) is 0 Å². The monoisotopic (exact) mass is 227 g/mol. The smallest absolute Gasteiger partial charge is 0.306 e. The van der Waals surface area contributed by atoms with Crippen molar-refractivity contribution < 1.29 is 14.6 Å². The molecule has 2 atom stereocenters. The number of carboxylic acid groups (broad SMARTS) is 1. The van der Waals surface area contributed by atoms with Gasteiger partial charge in [0.1, 0.15) is 0 Å². The molecule has 2 aliphatic rings. The molecule has 0 saturated carbocycles. The topological polar surface area (TPSA) is 49.8 Å². The highest BCUT2D eigenvalue weighted by Gasteiger charge is 2.40. The summed E-state index contributed by atoms with van der Waals surface area (Å²) < 4.78 is 5.93. The summed E-state index contributed by atoms with van der Waals surface area (Å²) >= 11 is 0. The van der Waals surface area contributed by atoms with Gasteiger partial charge in [-0.1, -0.05) is 0 Å². The first-order valence-electron chi connectivity index (χ1n) is 6.17. The quantitative estimate of drug-likeness (QED) is 0.734. The van der Waals surface area contributed by atoms with Crippen molar-refractivity contribution in [3.8, 4) is 0 Å². The van der Waals surface area contributed by atoms with E-state index in [2.05, 4.69) is 11.9 Å². The van der Waals surface area contributed by atoms with Gasteiger partial charge in [0.05, 0.1) is 11.5 Å². The fourth-order valence-corrected chi connectivity index (χ4v) is 2.89. The average molecular weight is 227 g/mol. The van der Waals surface area contributed by atoms with Crippen LogP contribution >= 0.6 is 0 Å². The molecule has 0 aromatic carbocycles. The van der Waals surface area contributed by atoms with Gasteiger partial charge in [-0.2, -0.15) is 0 Å². The second-order valence-corrected chi connectivity index (χ2v) is 5.22. The molecule has 2 aliphatic heterocycles. The normalized spacial score (nSPS) is 37.2. The first kappa shape index (κ1) is 11.9. The lowest BCUT2D eigenvalue weighted by molar-refractivity contribution is -0.156. The van der Waals surface area contributed by atoms with Crippen molar-refractivity contribution >= 4 is 5.97 Å². The van der Waals surface area contributed by atoms with E-state index >= 15 is 0 Å². The van der Waals surface area contributed by atoms with E-state index in [9.17, 15) is 4.79 Å². The largest absolute Gasteiger partial charge is 0.481 e. The number of nitrogens with zero attached hydrogens (tertiary/aromatic N) is 1. The van der Waals surface area contributed by atoms with Gasteiger partial charge in [0, 0.05) is 13.2 Å². The van der Waals surface area contributed by atoms with Gasteiger partial charge in [0.25, 0.3) is 0 Å². The van der Waals surface area contributed by atoms with Gasteiger partial charge in [-0.15, -0.1) is 0 Å². The Bertz CT molecular complexity index is 269. The van der Waals surface area contributed by atoms with Crippen molar-refractivity contribution in [2.24, 2.45) is 5.92 Å². The summed E-state index contributed by atoms with van der Waals surface area (Å²) in [6.45, 7) is 2.73. The molecule has 2 unspecified atom stereocenters. The van der Waals surface area contributed by atoms with Crippen molar-refractivity contribution in [3.63, 3.8) is 0 Å². The molecule has 0 amide bonds. The molecule has 1 spiro atoms. The third-order valence-electron chi connectivity index (χ3n) is 3.96. The van der Waals surface area contributed by atoms with Gasteiger partial charge in [0.2, 0.25) is 0 Å². The molecule has 0 aliphatic carbocycles. The van der Waals surface area contributed by atoms with Gasteiger partial charge in [-0.25, -0.2) is 0 Å². The van der Waals surface area contributed by atoms with Crippen LogP contribution in [-0.4, -0.2) is 48.3 Å². The molecular formula is C12H21NO3. The Labute approximate surface area is 96.6 Å². The number of likely N-dealkylation sites (tertiary alicyclic amines) is 1. The lowest BCUT2D eigenvalue weighted by Gasteiger charge is -2.39. The molecule has 0 aromatic rings. The second kappa shape index (κ2) is 4.72. The summed E-state index contributed by atoms with van der Waals surface area (Å²) in [6, 6.07) is 0. The number of rotatable bonds is 1. The van der Waals surface area contributed by atoms with Gasteiger partial charge < -0.3 is 14.7 Å². The number of carboxylic acids is 1. The number of carbonyl (C=O) groups is 1. The Hall–Kier alpha value is -0.610. The molecule has 0 radical (unpaired) electrons. The third-order valence-corrected chi connectivity index (χ3v) is 3.96. The van der Waals surface area contributed by atoms with E-state index in [-0.39, 0.29) is 11.5 Å². The number of aliphatic carboxylic acids is 1. The maximum atomic E-state index is 11.1. The van der Waals surface area contributed by atoms with Crippen LogP contribution in [0.2, 0.25) is 0 Å². The molecule has 2 fully saturated rings. The first-order chi connectivity index (χ1) is 7.61. The highest BCUT2D eigenvalue weighted by Crippen LogP contribution is 2.37. The van der Waals surface area contributed by atoms with E-state index in [1.807, 2.05) is 0 Å². The van der Waals surface area contributed by atoms with Gasteiger partial charge in [-0.3, -0.25) is 4.79 Å². The Morgan fingerprint density at radius 3 is 3.00 bits per heavy atom. The van der Waals surface area contributed by atoms with E-state index in [0.29, 0.717) is 19.4 Å². The van der Waals surface area contributed by atoms with Crippen molar-refractivity contribution in [1.82, 2.24) is 4.90 Å². The summed E-state index contributed by atoms with van der Waals surface area (Å²) in [5, 5.41) is 9.11. The molecule has 4 nitrogen and oxygen atoms in total. The number of ether oxygens (including phenoxy) is 1. The van der Waals surface area contributed by atoms with Crippen molar-refractivity contribution in [1.29, 1.82) is 0 Å². The lowest BCUT2D eigenvalue weighted by atomic mass is 9.81. The molecule has 4 heteroatoms. The summed E-state index contributed by atoms with van der Waals surface area (Å²) in [5.41, 5.74) is -0.147. The van der Waals surface area contributed by atoms with Crippen LogP contribution in [0, 0.1) is 5.92 Å². The molecule has 2 saturated heterocycles. The highest BCUT2D eigenvalue weighted by atomic mass is 16.5. The van der Waals surface area contributed by atoms with Crippen LogP contribution in [0.3, 0.4) is 0 Å². The molecule has 16 heavy (non-hydrogen) atoms. The van der Waals surface area contributed by atoms with Crippen molar-refractivity contribution in [2.45, 2.75) is 37.7 Å². The number of hydrogen-bond acceptors (Lipinski definition) is 3. The highest BCUT2D eigenvalue weighted by molar-refractivity contribution is 5.70. The molecule has 0 bridgehead atoms. The van der Waals surface area contributed by atoms with Crippen LogP contribution in [-0.2, 0) is 9.53 Å². The summed E-state index contributed by atoms with van der Waals surface area (Å²) in [6.07, 6.45) is 4.49. The van der Waals surface area contributed by atoms with E-state index in [1.54, 1.807) is 0 Å². The zero-order valence-electron chi connectivity index (χ0n) is 9.95. The maximum absolute atomic E-state index is 11.1. The zero-order chi connectivity index (χ0) is 11.6. The minimum atomic E-state index is -0.653. The molecular weight excluding hydrogens is 206 g/mol. The maximum Gasteiger partial charge on any atom is 0.306 e. The predicted molar refractivity (Wildman–Crippen MR) is 60.4 cm³/mol. The molecule has 0 aromatic heterocycles. The van der Waals surface area contributed by atoms with Crippen LogP contribution in [0.4, 0.5) is 0 Å². The van der Waals surface area contributed by atoms with Crippen molar-refractivity contribution in [2.75, 3.05) is 26.7 Å². The van der Waals surface area contributed by atoms with Crippen LogP contribution < -0.4 is 0 Å². The fraction of sp³-hybridized carbons (Fsp3) is 0.917. The van der Waals surface area contributed by atoms with Gasteiger partial charge in [0.15, 0.2) is 0 Å². The van der Waals surface area contributed by atoms with Gasteiger partial charge >= 0.3 is 5.97 Å². The predicted octanol–water partition coefficient (Wildman–Crippen LogP) is 1.35. The summed E-state index contributed by atoms with van der Waals surface area (Å²) in [5.74, 6) is -0.850. The summed E-state index contributed by atoms with van der Waals surface area (Å²) in [4.78, 5) is 13.4. The molecule has 1 N–H and O–H groups in total. The Morgan fingerprint density at radius 2 is 2.25 bits per heavy atom. The molecule has 2 rings (SSSR count). The van der Waals surface area contributed by atoms with Crippen LogP contribution in [0.5, 0.6) is 0 Å². The van der Waals surface area contributed by atoms with E-state index in [4.69, 9.17) is 9.84 Å². The van der Waals surface area contributed by atoms with Crippen LogP contribution in [0.25, 0.3) is 0 Å². The summed E-state index contributed by atoms with van der Waals surface area (Å²) in [7, 11) is 2.12. The average Bonchev–Trinajstić information content (AvgIpc) is 2.42. The first-order valence-corrected chi connectivity index (χ1v) is 6.17.